The number of thioether (sulfide) groups is 3. The number of rotatable bonds is 8. The first-order chi connectivity index (χ1) is 23.2. The van der Waals surface area contributed by atoms with Gasteiger partial charge in [-0.15, -0.1) is 23.5 Å². The van der Waals surface area contributed by atoms with Crippen LogP contribution in [0.4, 0.5) is 18.9 Å². The van der Waals surface area contributed by atoms with E-state index in [1.165, 1.54) is 52.0 Å². The molecule has 2 amide bonds. The first-order valence-corrected chi connectivity index (χ1v) is 21.6. The lowest BCUT2D eigenvalue weighted by atomic mass is 10.2. The number of primary amides is 1. The van der Waals surface area contributed by atoms with E-state index in [-0.39, 0.29) is 28.0 Å². The van der Waals surface area contributed by atoms with E-state index in [2.05, 4.69) is 79.3 Å². The van der Waals surface area contributed by atoms with Crippen molar-refractivity contribution in [1.29, 1.82) is 0 Å². The van der Waals surface area contributed by atoms with Crippen LogP contribution in [-0.4, -0.2) is 64.5 Å². The van der Waals surface area contributed by atoms with Crippen LogP contribution in [0.15, 0.2) is 94.7 Å². The molecular formula is C36H59Cl3F3N2O5PS3. The van der Waals surface area contributed by atoms with Crippen LogP contribution in [0.5, 0.6) is 0 Å². The number of para-hydroxylation sites is 1. The van der Waals surface area contributed by atoms with E-state index in [1.807, 2.05) is 36.9 Å². The largest absolute Gasteiger partial charge is 0.471 e. The minimum atomic E-state index is -4.84. The molecule has 3 aromatic carbocycles. The molecule has 308 valence electrons. The summed E-state index contributed by atoms with van der Waals surface area (Å²) in [5.74, 6) is -1.68. The molecular weight excluding hydrogens is 831 g/mol. The lowest BCUT2D eigenvalue weighted by Crippen LogP contribution is -2.29. The molecule has 3 rings (SSSR count). The zero-order valence-electron chi connectivity index (χ0n) is 29.0. The molecule has 1 unspecified atom stereocenters. The SMILES string of the molecule is C.C.C.CCCCOP(C)(=O)O.CCSC.CSc1ccc(C)cc1.CSc1ccccc1.NC(=O)C(Cl)(Cl)Cl.O=C(Nc1ccccc1)C(F)(F)F. The number of alkyl halides is 6. The van der Waals surface area contributed by atoms with Crippen molar-refractivity contribution in [2.24, 2.45) is 5.73 Å². The number of hydrogen-bond acceptors (Lipinski definition) is 7. The van der Waals surface area contributed by atoms with Crippen LogP contribution in [0.25, 0.3) is 0 Å². The van der Waals surface area contributed by atoms with Crippen molar-refractivity contribution in [2.75, 3.05) is 43.1 Å². The fourth-order valence-electron chi connectivity index (χ4n) is 2.33. The van der Waals surface area contributed by atoms with Gasteiger partial charge in [-0.1, -0.05) is 131 Å². The zero-order valence-corrected chi connectivity index (χ0v) is 34.6. The minimum Gasteiger partial charge on any atom is -0.366 e. The summed E-state index contributed by atoms with van der Waals surface area (Å²) in [5.41, 5.74) is 5.99. The molecule has 0 saturated carbocycles. The Balaban J connectivity index is -0.000000127. The highest BCUT2D eigenvalue weighted by Crippen LogP contribution is 2.36. The number of unbranched alkanes of at least 4 members (excludes halogenated alkanes) is 1. The summed E-state index contributed by atoms with van der Waals surface area (Å²) in [4.78, 5) is 31.5. The molecule has 17 heteroatoms. The van der Waals surface area contributed by atoms with Crippen molar-refractivity contribution in [3.05, 3.63) is 90.5 Å². The van der Waals surface area contributed by atoms with Gasteiger partial charge in [0.25, 0.3) is 9.70 Å². The number of halogens is 6. The second-order valence-electron chi connectivity index (χ2n) is 9.28. The Morgan fingerprint density at radius 3 is 1.49 bits per heavy atom. The molecule has 3 aromatic rings. The third-order valence-electron chi connectivity index (χ3n) is 4.92. The van der Waals surface area contributed by atoms with Crippen LogP contribution >= 0.6 is 77.7 Å². The molecule has 0 radical (unpaired) electrons. The van der Waals surface area contributed by atoms with Gasteiger partial charge in [0.2, 0.25) is 0 Å². The van der Waals surface area contributed by atoms with Gasteiger partial charge < -0.3 is 20.5 Å². The van der Waals surface area contributed by atoms with Crippen molar-refractivity contribution in [3.63, 3.8) is 0 Å². The molecule has 4 N–H and O–H groups in total. The van der Waals surface area contributed by atoms with Crippen LogP contribution < -0.4 is 11.1 Å². The predicted octanol–water partition coefficient (Wildman–Crippen LogP) is 13.1. The summed E-state index contributed by atoms with van der Waals surface area (Å²) >= 11 is 20.2. The van der Waals surface area contributed by atoms with Crippen LogP contribution in [0.2, 0.25) is 0 Å². The monoisotopic (exact) mass is 888 g/mol. The Bertz CT molecular complexity index is 1320. The van der Waals surface area contributed by atoms with E-state index in [0.717, 1.165) is 12.8 Å². The van der Waals surface area contributed by atoms with Crippen molar-refractivity contribution in [2.45, 2.75) is 75.7 Å². The van der Waals surface area contributed by atoms with Gasteiger partial charge in [-0.05, 0) is 74.3 Å². The van der Waals surface area contributed by atoms with Gasteiger partial charge in [0, 0.05) is 22.1 Å². The summed E-state index contributed by atoms with van der Waals surface area (Å²) < 4.78 is 48.2. The maximum atomic E-state index is 11.7. The summed E-state index contributed by atoms with van der Waals surface area (Å²) in [7, 11) is -3.20. The third kappa shape index (κ3) is 44.7. The van der Waals surface area contributed by atoms with Crippen molar-refractivity contribution >= 4 is 95.2 Å². The maximum absolute atomic E-state index is 11.7. The summed E-state index contributed by atoms with van der Waals surface area (Å²) in [5, 5.41) is 1.72. The van der Waals surface area contributed by atoms with E-state index in [1.54, 1.807) is 34.9 Å². The Hall–Kier alpha value is -1.54. The molecule has 0 spiro atoms. The number of carbonyl (C=O) groups excluding carboxylic acids is 2. The van der Waals surface area contributed by atoms with E-state index in [0.29, 0.717) is 6.61 Å². The molecule has 0 heterocycles. The molecule has 0 saturated heterocycles. The fraction of sp³-hybridized carbons (Fsp3) is 0.444. The second kappa shape index (κ2) is 37.4. The van der Waals surface area contributed by atoms with E-state index in [4.69, 9.17) is 39.7 Å². The third-order valence-corrected chi connectivity index (χ3v) is 8.21. The number of hydrogen-bond donors (Lipinski definition) is 3. The van der Waals surface area contributed by atoms with Crippen LogP contribution in [0.3, 0.4) is 0 Å². The van der Waals surface area contributed by atoms with E-state index < -0.39 is 29.4 Å². The number of carbonyl (C=O) groups is 2. The summed E-state index contributed by atoms with van der Waals surface area (Å²) in [6.07, 6.45) is 3.26. The van der Waals surface area contributed by atoms with E-state index >= 15 is 0 Å². The standard InChI is InChI=1S/C8H6F3NO.C8H10S.C7H8S.C5H13O3P.C3H8S.C2H2Cl3NO.3CH4/c9-8(10,11)7(13)12-6-4-2-1-3-5-6;1-7-3-5-8(9-2)6-4-7;1-8-7-5-3-2-4-6-7;1-3-4-5-8-9(2,6)7;1-3-4-2;3-2(4,5)1(6)7;;;/h1-5H,(H,12,13);3-6H,1-2H3;2-6H,1H3;3-5H2,1-2H3,(H,6,7);3H2,1-2H3;(H2,6,7);3*1H4. The Labute approximate surface area is 345 Å². The average Bonchev–Trinajstić information content (AvgIpc) is 3.06. The molecule has 0 aromatic heterocycles. The predicted molar refractivity (Wildman–Crippen MR) is 233 cm³/mol. The number of anilines is 1. The van der Waals surface area contributed by atoms with Crippen LogP contribution in [0.1, 0.15) is 54.5 Å². The lowest BCUT2D eigenvalue weighted by molar-refractivity contribution is -0.167. The lowest BCUT2D eigenvalue weighted by Gasteiger charge is -2.06. The molecule has 0 aliphatic carbocycles. The van der Waals surface area contributed by atoms with Gasteiger partial charge in [-0.25, -0.2) is 0 Å². The average molecular weight is 890 g/mol. The van der Waals surface area contributed by atoms with Gasteiger partial charge in [-0.3, -0.25) is 14.2 Å². The molecule has 1 atom stereocenters. The number of amides is 2. The molecule has 53 heavy (non-hydrogen) atoms. The highest BCUT2D eigenvalue weighted by atomic mass is 35.6. The first-order valence-electron chi connectivity index (χ1n) is 14.6. The van der Waals surface area contributed by atoms with Crippen LogP contribution in [0, 0.1) is 6.92 Å². The summed E-state index contributed by atoms with van der Waals surface area (Å²) in [6.45, 7) is 7.83. The first kappa shape index (κ1) is 63.4. The van der Waals surface area contributed by atoms with Gasteiger partial charge in [-0.2, -0.15) is 24.9 Å². The minimum absolute atomic E-state index is 0. The maximum Gasteiger partial charge on any atom is 0.471 e. The van der Waals surface area contributed by atoms with Gasteiger partial charge in [0.15, 0.2) is 0 Å². The Morgan fingerprint density at radius 1 is 0.830 bits per heavy atom. The molecule has 0 bridgehead atoms. The number of nitrogens with two attached hydrogens (primary N) is 1. The molecule has 0 aliphatic heterocycles. The van der Waals surface area contributed by atoms with Gasteiger partial charge >= 0.3 is 19.7 Å². The summed E-state index contributed by atoms with van der Waals surface area (Å²) in [6, 6.07) is 26.3. The number of nitrogens with one attached hydrogen (secondary N) is 1. The molecule has 7 nitrogen and oxygen atoms in total. The van der Waals surface area contributed by atoms with Gasteiger partial charge in [0.1, 0.15) is 0 Å². The van der Waals surface area contributed by atoms with E-state index in [9.17, 15) is 27.3 Å². The molecule has 0 fully saturated rings. The van der Waals surface area contributed by atoms with Crippen molar-refractivity contribution in [1.82, 2.24) is 0 Å². The van der Waals surface area contributed by atoms with Crippen molar-refractivity contribution < 1.29 is 36.7 Å². The zero-order chi connectivity index (χ0) is 39.2. The highest BCUT2D eigenvalue weighted by Gasteiger charge is 2.38. The van der Waals surface area contributed by atoms with Crippen LogP contribution in [-0.2, 0) is 18.7 Å². The van der Waals surface area contributed by atoms with Crippen molar-refractivity contribution in [3.8, 4) is 0 Å². The topological polar surface area (TPSA) is 119 Å². The highest BCUT2D eigenvalue weighted by molar-refractivity contribution is 7.99. The van der Waals surface area contributed by atoms with Gasteiger partial charge in [0.05, 0.1) is 6.61 Å². The fourth-order valence-corrected chi connectivity index (χ4v) is 3.64. The smallest absolute Gasteiger partial charge is 0.366 e. The molecule has 0 aliphatic rings. The number of benzene rings is 3. The Morgan fingerprint density at radius 2 is 1.21 bits per heavy atom. The quantitative estimate of drug-likeness (QED) is 0.0886. The second-order valence-corrected chi connectivity index (χ2v) is 16.3. The Kier molecular flexibility index (Phi) is 44.7. The number of aryl methyl sites for hydroxylation is 1. The normalized spacial score (nSPS) is 10.7.